The third-order valence-corrected chi connectivity index (χ3v) is 3.44. The van der Waals surface area contributed by atoms with E-state index in [1.165, 1.54) is 7.11 Å². The first kappa shape index (κ1) is 20.0. The third kappa shape index (κ3) is 7.00. The lowest BCUT2D eigenvalue weighted by Crippen LogP contribution is -2.43. The van der Waals surface area contributed by atoms with Crippen molar-refractivity contribution in [1.29, 1.82) is 0 Å². The Labute approximate surface area is 144 Å². The lowest BCUT2D eigenvalue weighted by molar-refractivity contribution is -0.143. The van der Waals surface area contributed by atoms with Gasteiger partial charge in [-0.2, -0.15) is 0 Å². The minimum atomic E-state index is -0.710. The molecular weight excluding hydrogens is 308 g/mol. The summed E-state index contributed by atoms with van der Waals surface area (Å²) in [5, 5.41) is 2.62. The van der Waals surface area contributed by atoms with Crippen LogP contribution in [0.3, 0.4) is 0 Å². The molecule has 1 aromatic rings. The molecule has 0 saturated heterocycles. The largest absolute Gasteiger partial charge is 0.467 e. The Morgan fingerprint density at radius 2 is 1.79 bits per heavy atom. The smallest absolute Gasteiger partial charge is 0.408 e. The molecule has 0 fully saturated rings. The molecule has 1 N–H and O–H groups in total. The van der Waals surface area contributed by atoms with Gasteiger partial charge < -0.3 is 19.7 Å². The lowest BCUT2D eigenvalue weighted by Gasteiger charge is -2.24. The maximum absolute atomic E-state index is 12.3. The summed E-state index contributed by atoms with van der Waals surface area (Å²) in [6, 6.07) is 8.82. The number of esters is 1. The molecule has 6 heteroatoms. The summed E-state index contributed by atoms with van der Waals surface area (Å²) in [4.78, 5) is 26.0. The molecule has 0 aliphatic heterocycles. The summed E-state index contributed by atoms with van der Waals surface area (Å²) >= 11 is 0. The maximum atomic E-state index is 12.3. The first-order chi connectivity index (χ1) is 11.3. The SMILES string of the molecule is COC(=O)[C@H](CC(C)C)NC(=O)O[C@H](CN(C)C)c1ccccc1. The third-order valence-electron chi connectivity index (χ3n) is 3.44. The summed E-state index contributed by atoms with van der Waals surface area (Å²) in [6.07, 6.45) is -0.550. The van der Waals surface area contributed by atoms with E-state index >= 15 is 0 Å². The molecule has 24 heavy (non-hydrogen) atoms. The van der Waals surface area contributed by atoms with Gasteiger partial charge in [-0.05, 0) is 32.0 Å². The van der Waals surface area contributed by atoms with Crippen LogP contribution in [0.15, 0.2) is 30.3 Å². The number of hydrogen-bond donors (Lipinski definition) is 1. The summed E-state index contributed by atoms with van der Waals surface area (Å²) < 4.78 is 10.3. The zero-order chi connectivity index (χ0) is 18.1. The topological polar surface area (TPSA) is 67.9 Å². The minimum Gasteiger partial charge on any atom is -0.467 e. The number of methoxy groups -OCH3 is 1. The van der Waals surface area contributed by atoms with Crippen molar-refractivity contribution >= 4 is 12.1 Å². The molecule has 1 amide bonds. The van der Waals surface area contributed by atoms with Gasteiger partial charge in [0.15, 0.2) is 0 Å². The number of likely N-dealkylation sites (N-methyl/N-ethyl adjacent to an activating group) is 1. The number of ether oxygens (including phenoxy) is 2. The summed E-state index contributed by atoms with van der Waals surface area (Å²) in [7, 11) is 5.13. The van der Waals surface area contributed by atoms with Crippen LogP contribution in [-0.4, -0.2) is 50.8 Å². The van der Waals surface area contributed by atoms with Gasteiger partial charge in [-0.15, -0.1) is 0 Å². The van der Waals surface area contributed by atoms with Gasteiger partial charge in [0, 0.05) is 6.54 Å². The number of carbonyl (C=O) groups is 2. The molecule has 134 valence electrons. The van der Waals surface area contributed by atoms with Crippen LogP contribution in [-0.2, 0) is 14.3 Å². The highest BCUT2D eigenvalue weighted by Gasteiger charge is 2.25. The van der Waals surface area contributed by atoms with Crippen LogP contribution in [0.4, 0.5) is 4.79 Å². The fraction of sp³-hybridized carbons (Fsp3) is 0.556. The molecule has 1 rings (SSSR count). The second-order valence-electron chi connectivity index (χ2n) is 6.42. The molecule has 0 unspecified atom stereocenters. The van der Waals surface area contributed by atoms with Gasteiger partial charge >= 0.3 is 12.1 Å². The van der Waals surface area contributed by atoms with Crippen LogP contribution in [0.5, 0.6) is 0 Å². The van der Waals surface area contributed by atoms with Crippen molar-refractivity contribution in [2.75, 3.05) is 27.7 Å². The molecule has 0 bridgehead atoms. The molecule has 0 heterocycles. The van der Waals surface area contributed by atoms with E-state index in [1.807, 2.05) is 63.2 Å². The molecule has 6 nitrogen and oxygen atoms in total. The molecule has 1 aromatic carbocycles. The van der Waals surface area contributed by atoms with Gasteiger partial charge in [0.1, 0.15) is 12.1 Å². The minimum absolute atomic E-state index is 0.237. The van der Waals surface area contributed by atoms with E-state index in [0.29, 0.717) is 13.0 Å². The van der Waals surface area contributed by atoms with Crippen LogP contribution < -0.4 is 5.32 Å². The van der Waals surface area contributed by atoms with E-state index in [4.69, 9.17) is 9.47 Å². The summed E-state index contributed by atoms with van der Waals surface area (Å²) in [6.45, 7) is 4.49. The van der Waals surface area contributed by atoms with E-state index in [0.717, 1.165) is 5.56 Å². The van der Waals surface area contributed by atoms with Crippen molar-refractivity contribution in [3.63, 3.8) is 0 Å². The number of hydrogen-bond acceptors (Lipinski definition) is 5. The van der Waals surface area contributed by atoms with E-state index in [9.17, 15) is 9.59 Å². The van der Waals surface area contributed by atoms with Crippen molar-refractivity contribution in [1.82, 2.24) is 10.2 Å². The summed E-state index contributed by atoms with van der Waals surface area (Å²) in [5.41, 5.74) is 0.903. The van der Waals surface area contributed by atoms with Gasteiger partial charge in [0.2, 0.25) is 0 Å². The second kappa shape index (κ2) is 9.93. The number of alkyl carbamates (subject to hydrolysis) is 1. The van der Waals surface area contributed by atoms with Gasteiger partial charge in [-0.1, -0.05) is 44.2 Å². The van der Waals surface area contributed by atoms with Crippen molar-refractivity contribution in [3.05, 3.63) is 35.9 Å². The monoisotopic (exact) mass is 336 g/mol. The molecule has 0 aliphatic carbocycles. The lowest BCUT2D eigenvalue weighted by atomic mass is 10.0. The zero-order valence-corrected chi connectivity index (χ0v) is 15.1. The molecule has 0 aliphatic rings. The van der Waals surface area contributed by atoms with Crippen molar-refractivity contribution in [2.45, 2.75) is 32.4 Å². The van der Waals surface area contributed by atoms with E-state index in [1.54, 1.807) is 0 Å². The average Bonchev–Trinajstić information content (AvgIpc) is 2.52. The highest BCUT2D eigenvalue weighted by Crippen LogP contribution is 2.18. The predicted octanol–water partition coefficient (Wildman–Crippen LogP) is 2.60. The number of nitrogens with zero attached hydrogens (tertiary/aromatic N) is 1. The highest BCUT2D eigenvalue weighted by molar-refractivity contribution is 5.81. The number of benzene rings is 1. The molecule has 0 spiro atoms. The van der Waals surface area contributed by atoms with Gasteiger partial charge in [0.25, 0.3) is 0 Å². The predicted molar refractivity (Wildman–Crippen MR) is 92.6 cm³/mol. The van der Waals surface area contributed by atoms with Gasteiger partial charge in [0.05, 0.1) is 7.11 Å². The Bertz CT molecular complexity index is 517. The number of carbonyl (C=O) groups excluding carboxylic acids is 2. The molecule has 0 saturated carbocycles. The molecule has 0 aromatic heterocycles. The van der Waals surface area contributed by atoms with E-state index in [-0.39, 0.29) is 5.92 Å². The van der Waals surface area contributed by atoms with E-state index < -0.39 is 24.2 Å². The Balaban J connectivity index is 2.77. The highest BCUT2D eigenvalue weighted by atomic mass is 16.6. The quantitative estimate of drug-likeness (QED) is 0.739. The Morgan fingerprint density at radius 3 is 2.29 bits per heavy atom. The fourth-order valence-electron chi connectivity index (χ4n) is 2.34. The Kier molecular flexibility index (Phi) is 8.26. The number of rotatable bonds is 8. The summed E-state index contributed by atoms with van der Waals surface area (Å²) in [5.74, 6) is -0.231. The van der Waals surface area contributed by atoms with Crippen LogP contribution in [0.1, 0.15) is 31.9 Å². The van der Waals surface area contributed by atoms with Crippen LogP contribution in [0.2, 0.25) is 0 Å². The average molecular weight is 336 g/mol. The molecular formula is C18H28N2O4. The molecule has 0 radical (unpaired) electrons. The van der Waals surface area contributed by atoms with Crippen LogP contribution in [0, 0.1) is 5.92 Å². The van der Waals surface area contributed by atoms with Crippen LogP contribution >= 0.6 is 0 Å². The van der Waals surface area contributed by atoms with Gasteiger partial charge in [-0.3, -0.25) is 0 Å². The van der Waals surface area contributed by atoms with Crippen molar-refractivity contribution in [2.24, 2.45) is 5.92 Å². The fourth-order valence-corrected chi connectivity index (χ4v) is 2.34. The number of amides is 1. The maximum Gasteiger partial charge on any atom is 0.408 e. The first-order valence-electron chi connectivity index (χ1n) is 8.08. The standard InChI is InChI=1S/C18H28N2O4/c1-13(2)11-15(17(21)23-5)19-18(22)24-16(12-20(3)4)14-9-7-6-8-10-14/h6-10,13,15-16H,11-12H2,1-5H3,(H,19,22)/t15-,16+/m0/s1. The normalized spacial score (nSPS) is 13.5. The van der Waals surface area contributed by atoms with Crippen LogP contribution in [0.25, 0.3) is 0 Å². The van der Waals surface area contributed by atoms with E-state index in [2.05, 4.69) is 5.32 Å². The molecule has 2 atom stereocenters. The zero-order valence-electron chi connectivity index (χ0n) is 15.1. The van der Waals surface area contributed by atoms with Crippen molar-refractivity contribution < 1.29 is 19.1 Å². The van der Waals surface area contributed by atoms with Crippen molar-refractivity contribution in [3.8, 4) is 0 Å². The first-order valence-corrected chi connectivity index (χ1v) is 8.08. The van der Waals surface area contributed by atoms with Gasteiger partial charge in [-0.25, -0.2) is 9.59 Å². The Morgan fingerprint density at radius 1 is 1.17 bits per heavy atom. The Hall–Kier alpha value is -2.08. The second-order valence-corrected chi connectivity index (χ2v) is 6.42. The number of nitrogens with one attached hydrogen (secondary N) is 1.